The number of halogens is 1. The van der Waals surface area contributed by atoms with Gasteiger partial charge in [0.15, 0.2) is 6.61 Å². The summed E-state index contributed by atoms with van der Waals surface area (Å²) in [4.78, 5) is 23.6. The fourth-order valence-electron chi connectivity index (χ4n) is 2.27. The van der Waals surface area contributed by atoms with Crippen LogP contribution in [0, 0.1) is 19.7 Å². The second-order valence-corrected chi connectivity index (χ2v) is 5.67. The van der Waals surface area contributed by atoms with Crippen molar-refractivity contribution >= 4 is 11.8 Å². The predicted octanol–water partition coefficient (Wildman–Crippen LogP) is 2.37. The topological polar surface area (TPSA) is 67.4 Å². The summed E-state index contributed by atoms with van der Waals surface area (Å²) in [5.74, 6) is -0.468. The van der Waals surface area contributed by atoms with Crippen LogP contribution in [0.2, 0.25) is 0 Å². The highest BCUT2D eigenvalue weighted by Crippen LogP contribution is 2.18. The highest BCUT2D eigenvalue weighted by atomic mass is 19.1. The van der Waals surface area contributed by atoms with E-state index in [9.17, 15) is 14.0 Å². The number of carbonyl (C=O) groups is 2. The molecule has 0 saturated carbocycles. The number of aryl methyl sites for hydroxylation is 2. The Morgan fingerprint density at radius 2 is 1.80 bits per heavy atom. The smallest absolute Gasteiger partial charge is 0.258 e. The number of nitrogens with one attached hydrogen (secondary N) is 2. The van der Waals surface area contributed by atoms with Gasteiger partial charge in [-0.25, -0.2) is 4.39 Å². The van der Waals surface area contributed by atoms with E-state index in [0.29, 0.717) is 5.75 Å². The summed E-state index contributed by atoms with van der Waals surface area (Å²) in [6.07, 6.45) is 0. The van der Waals surface area contributed by atoms with Crippen molar-refractivity contribution in [3.63, 3.8) is 0 Å². The van der Waals surface area contributed by atoms with E-state index in [2.05, 4.69) is 10.6 Å². The van der Waals surface area contributed by atoms with Crippen molar-refractivity contribution in [1.82, 2.24) is 10.6 Å². The molecule has 5 nitrogen and oxygen atoms in total. The summed E-state index contributed by atoms with van der Waals surface area (Å²) < 4.78 is 18.5. The van der Waals surface area contributed by atoms with Gasteiger partial charge in [0.05, 0.1) is 0 Å². The molecule has 0 aliphatic heterocycles. The molecule has 2 amide bonds. The van der Waals surface area contributed by atoms with Gasteiger partial charge in [0.1, 0.15) is 11.6 Å². The summed E-state index contributed by atoms with van der Waals surface area (Å²) in [5, 5.41) is 5.26. The highest BCUT2D eigenvalue weighted by molar-refractivity contribution is 5.94. The Bertz CT molecular complexity index is 762. The fourth-order valence-corrected chi connectivity index (χ4v) is 2.27. The maximum Gasteiger partial charge on any atom is 0.258 e. The molecule has 0 fully saturated rings. The Morgan fingerprint density at radius 1 is 1.04 bits per heavy atom. The Balaban J connectivity index is 1.67. The van der Waals surface area contributed by atoms with E-state index in [-0.39, 0.29) is 37.1 Å². The van der Waals surface area contributed by atoms with Crippen LogP contribution in [0.5, 0.6) is 5.75 Å². The fraction of sp³-hybridized carbons (Fsp3) is 0.263. The summed E-state index contributed by atoms with van der Waals surface area (Å²) in [5.41, 5.74) is 2.34. The summed E-state index contributed by atoms with van der Waals surface area (Å²) in [7, 11) is 0. The third kappa shape index (κ3) is 5.91. The number of rotatable bonds is 7. The quantitative estimate of drug-likeness (QED) is 0.758. The minimum Gasteiger partial charge on any atom is -0.484 e. The van der Waals surface area contributed by atoms with Crippen LogP contribution in [0.15, 0.2) is 42.5 Å². The van der Waals surface area contributed by atoms with Gasteiger partial charge in [0.2, 0.25) is 0 Å². The molecule has 2 aromatic rings. The van der Waals surface area contributed by atoms with E-state index in [0.717, 1.165) is 17.2 Å². The lowest BCUT2D eigenvalue weighted by Gasteiger charge is -2.10. The van der Waals surface area contributed by atoms with Crippen LogP contribution >= 0.6 is 0 Å². The van der Waals surface area contributed by atoms with E-state index < -0.39 is 5.82 Å². The van der Waals surface area contributed by atoms with Crippen molar-refractivity contribution in [1.29, 1.82) is 0 Å². The van der Waals surface area contributed by atoms with Gasteiger partial charge >= 0.3 is 0 Å². The molecule has 132 valence electrons. The van der Waals surface area contributed by atoms with Gasteiger partial charge in [0.25, 0.3) is 11.8 Å². The van der Waals surface area contributed by atoms with Gasteiger partial charge in [-0.15, -0.1) is 0 Å². The first kappa shape index (κ1) is 18.4. The average molecular weight is 344 g/mol. The Kier molecular flexibility index (Phi) is 6.51. The van der Waals surface area contributed by atoms with E-state index in [1.54, 1.807) is 0 Å². The molecular weight excluding hydrogens is 323 g/mol. The van der Waals surface area contributed by atoms with Crippen LogP contribution in [0.1, 0.15) is 21.5 Å². The SMILES string of the molecule is Cc1ccc(OCC(=O)NCCNC(=O)c2cccc(F)c2)c(C)c1. The average Bonchev–Trinajstić information content (AvgIpc) is 2.57. The van der Waals surface area contributed by atoms with Crippen molar-refractivity contribution in [3.8, 4) is 5.75 Å². The van der Waals surface area contributed by atoms with E-state index in [4.69, 9.17) is 4.74 Å². The molecule has 0 spiro atoms. The minimum absolute atomic E-state index is 0.0955. The van der Waals surface area contributed by atoms with E-state index in [1.807, 2.05) is 32.0 Å². The van der Waals surface area contributed by atoms with Crippen LogP contribution < -0.4 is 15.4 Å². The first-order valence-corrected chi connectivity index (χ1v) is 7.96. The van der Waals surface area contributed by atoms with Crippen LogP contribution in [0.3, 0.4) is 0 Å². The molecule has 0 heterocycles. The monoisotopic (exact) mass is 344 g/mol. The molecule has 0 unspecified atom stereocenters. The molecular formula is C19H21FN2O3. The normalized spacial score (nSPS) is 10.2. The maximum absolute atomic E-state index is 13.0. The Morgan fingerprint density at radius 3 is 2.52 bits per heavy atom. The number of carbonyl (C=O) groups excluding carboxylic acids is 2. The molecule has 2 aromatic carbocycles. The second-order valence-electron chi connectivity index (χ2n) is 5.67. The van der Waals surface area contributed by atoms with Gasteiger partial charge < -0.3 is 15.4 Å². The van der Waals surface area contributed by atoms with Gasteiger partial charge in [-0.05, 0) is 43.7 Å². The zero-order valence-electron chi connectivity index (χ0n) is 14.3. The lowest BCUT2D eigenvalue weighted by Crippen LogP contribution is -2.36. The third-order valence-corrected chi connectivity index (χ3v) is 3.51. The number of ether oxygens (including phenoxy) is 1. The number of amides is 2. The Hall–Kier alpha value is -2.89. The molecule has 0 aromatic heterocycles. The first-order valence-electron chi connectivity index (χ1n) is 7.96. The molecule has 6 heteroatoms. The van der Waals surface area contributed by atoms with E-state index in [1.165, 1.54) is 18.2 Å². The lowest BCUT2D eigenvalue weighted by atomic mass is 10.1. The molecule has 0 aliphatic carbocycles. The number of hydrogen-bond acceptors (Lipinski definition) is 3. The standard InChI is InChI=1S/C19H21FN2O3/c1-13-6-7-17(14(2)10-13)25-12-18(23)21-8-9-22-19(24)15-4-3-5-16(20)11-15/h3-7,10-11H,8-9,12H2,1-2H3,(H,21,23)(H,22,24). The lowest BCUT2D eigenvalue weighted by molar-refractivity contribution is -0.123. The largest absolute Gasteiger partial charge is 0.484 e. The molecule has 2 rings (SSSR count). The van der Waals surface area contributed by atoms with Gasteiger partial charge in [-0.3, -0.25) is 9.59 Å². The van der Waals surface area contributed by atoms with Gasteiger partial charge in [-0.1, -0.05) is 23.8 Å². The highest BCUT2D eigenvalue weighted by Gasteiger charge is 2.07. The van der Waals surface area contributed by atoms with Crippen LogP contribution in [-0.2, 0) is 4.79 Å². The summed E-state index contributed by atoms with van der Waals surface area (Å²) >= 11 is 0. The molecule has 0 aliphatic rings. The van der Waals surface area contributed by atoms with Crippen molar-refractivity contribution in [2.45, 2.75) is 13.8 Å². The molecule has 2 N–H and O–H groups in total. The number of benzene rings is 2. The first-order chi connectivity index (χ1) is 12.0. The third-order valence-electron chi connectivity index (χ3n) is 3.51. The summed E-state index contributed by atoms with van der Waals surface area (Å²) in [6, 6.07) is 11.2. The summed E-state index contributed by atoms with van der Waals surface area (Å²) in [6.45, 7) is 4.31. The Labute approximate surface area is 146 Å². The molecule has 0 saturated heterocycles. The van der Waals surface area contributed by atoms with Crippen molar-refractivity contribution in [2.24, 2.45) is 0 Å². The van der Waals surface area contributed by atoms with Crippen molar-refractivity contribution in [3.05, 3.63) is 65.0 Å². The van der Waals surface area contributed by atoms with Crippen LogP contribution in [0.4, 0.5) is 4.39 Å². The van der Waals surface area contributed by atoms with Crippen LogP contribution in [0.25, 0.3) is 0 Å². The van der Waals surface area contributed by atoms with Crippen LogP contribution in [-0.4, -0.2) is 31.5 Å². The van der Waals surface area contributed by atoms with Gasteiger partial charge in [-0.2, -0.15) is 0 Å². The zero-order valence-corrected chi connectivity index (χ0v) is 14.3. The minimum atomic E-state index is -0.468. The van der Waals surface area contributed by atoms with E-state index >= 15 is 0 Å². The molecule has 0 radical (unpaired) electrons. The molecule has 0 atom stereocenters. The second kappa shape index (κ2) is 8.82. The number of hydrogen-bond donors (Lipinski definition) is 2. The maximum atomic E-state index is 13.0. The molecule has 0 bridgehead atoms. The van der Waals surface area contributed by atoms with Gasteiger partial charge in [0, 0.05) is 18.7 Å². The zero-order chi connectivity index (χ0) is 18.2. The van der Waals surface area contributed by atoms with Crippen molar-refractivity contribution in [2.75, 3.05) is 19.7 Å². The predicted molar refractivity (Wildman–Crippen MR) is 93.2 cm³/mol. The van der Waals surface area contributed by atoms with Crippen molar-refractivity contribution < 1.29 is 18.7 Å². The molecule has 25 heavy (non-hydrogen) atoms.